The molecule has 1 heterocycles. The Labute approximate surface area is 145 Å². The Bertz CT molecular complexity index is 832. The Morgan fingerprint density at radius 3 is 2.52 bits per heavy atom. The number of ether oxygens (including phenoxy) is 1. The maximum Gasteiger partial charge on any atom is 0.293 e. The van der Waals surface area contributed by atoms with Gasteiger partial charge in [0.05, 0.1) is 5.69 Å². The van der Waals surface area contributed by atoms with E-state index in [1.165, 1.54) is 6.07 Å². The molecule has 0 fully saturated rings. The summed E-state index contributed by atoms with van der Waals surface area (Å²) in [6.07, 6.45) is 0. The Hall–Kier alpha value is -3.15. The van der Waals surface area contributed by atoms with Gasteiger partial charge in [-0.25, -0.2) is 4.39 Å². The van der Waals surface area contributed by atoms with Crippen LogP contribution in [0.2, 0.25) is 0 Å². The lowest BCUT2D eigenvalue weighted by Gasteiger charge is -2.04. The predicted molar refractivity (Wildman–Crippen MR) is 95.2 cm³/mol. The Kier molecular flexibility index (Phi) is 6.28. The molecule has 0 unspecified atom stereocenters. The number of rotatable bonds is 4. The number of nitrogens with one attached hydrogen (secondary N) is 1. The van der Waals surface area contributed by atoms with Crippen molar-refractivity contribution in [3.05, 3.63) is 71.2 Å². The lowest BCUT2D eigenvalue weighted by Crippen LogP contribution is -1.93. The summed E-state index contributed by atoms with van der Waals surface area (Å²) in [7, 11) is 0. The second-order valence-electron chi connectivity index (χ2n) is 5.52. The molecule has 6 heteroatoms. The minimum Gasteiger partial charge on any atom is -0.463 e. The number of halogens is 1. The van der Waals surface area contributed by atoms with Crippen molar-refractivity contribution in [2.45, 2.75) is 20.5 Å². The number of aromatic amines is 1. The Morgan fingerprint density at radius 1 is 1.20 bits per heavy atom. The van der Waals surface area contributed by atoms with Gasteiger partial charge in [-0.15, -0.1) is 0 Å². The van der Waals surface area contributed by atoms with Crippen molar-refractivity contribution >= 4 is 12.2 Å². The third kappa shape index (κ3) is 5.17. The van der Waals surface area contributed by atoms with Crippen LogP contribution < -0.4 is 5.73 Å². The maximum absolute atomic E-state index is 13.6. The minimum absolute atomic E-state index is 0.298. The minimum atomic E-state index is -0.298. The second-order valence-corrected chi connectivity index (χ2v) is 5.52. The molecule has 3 aromatic rings. The van der Waals surface area contributed by atoms with E-state index in [1.807, 2.05) is 37.3 Å². The van der Waals surface area contributed by atoms with Gasteiger partial charge in [0.25, 0.3) is 6.47 Å². The molecule has 0 aliphatic rings. The molecule has 2 aromatic carbocycles. The molecule has 0 amide bonds. The first-order valence-corrected chi connectivity index (χ1v) is 7.68. The van der Waals surface area contributed by atoms with Gasteiger partial charge in [-0.05, 0) is 43.2 Å². The molecule has 0 aliphatic heterocycles. The summed E-state index contributed by atoms with van der Waals surface area (Å²) in [5.41, 5.74) is 9.96. The summed E-state index contributed by atoms with van der Waals surface area (Å²) in [6.45, 7) is 4.46. The monoisotopic (exact) mass is 341 g/mol. The van der Waals surface area contributed by atoms with E-state index in [0.29, 0.717) is 30.0 Å². The lowest BCUT2D eigenvalue weighted by atomic mass is 10.1. The molecule has 130 valence electrons. The third-order valence-corrected chi connectivity index (χ3v) is 3.50. The number of benzene rings is 2. The van der Waals surface area contributed by atoms with Crippen LogP contribution in [-0.4, -0.2) is 16.7 Å². The Morgan fingerprint density at radius 2 is 1.92 bits per heavy atom. The van der Waals surface area contributed by atoms with Crippen molar-refractivity contribution in [1.82, 2.24) is 10.2 Å². The third-order valence-electron chi connectivity index (χ3n) is 3.50. The highest BCUT2D eigenvalue weighted by Crippen LogP contribution is 2.25. The van der Waals surface area contributed by atoms with Gasteiger partial charge in [0.1, 0.15) is 12.4 Å². The molecule has 0 radical (unpaired) electrons. The number of aromatic nitrogens is 2. The first-order chi connectivity index (χ1) is 12.0. The molecular weight excluding hydrogens is 321 g/mol. The number of hydrogen-bond acceptors (Lipinski definition) is 4. The summed E-state index contributed by atoms with van der Waals surface area (Å²) < 4.78 is 18.2. The van der Waals surface area contributed by atoms with Gasteiger partial charge in [0, 0.05) is 16.9 Å². The molecule has 0 saturated heterocycles. The molecule has 5 nitrogen and oxygen atoms in total. The van der Waals surface area contributed by atoms with Crippen LogP contribution in [0.15, 0.2) is 48.5 Å². The van der Waals surface area contributed by atoms with Crippen LogP contribution in [0.4, 0.5) is 10.1 Å². The SMILES string of the molecule is Cc1cc(-c2cc(N)c(C)cc2F)n[nH]1.O=COCc1ccccc1. The zero-order chi connectivity index (χ0) is 18.2. The van der Waals surface area contributed by atoms with Crippen molar-refractivity contribution < 1.29 is 13.9 Å². The van der Waals surface area contributed by atoms with Gasteiger partial charge >= 0.3 is 0 Å². The standard InChI is InChI=1S/C11H12FN3.C8H8O2/c1-6-3-9(12)8(5-10(6)13)11-4-7(2)14-15-11;9-7-10-6-8-4-2-1-3-5-8/h3-5H,13H2,1-2H3,(H,14,15);1-5,7H,6H2. The Balaban J connectivity index is 0.000000196. The molecule has 0 spiro atoms. The van der Waals surface area contributed by atoms with Gasteiger partial charge in [-0.2, -0.15) is 5.10 Å². The molecule has 3 N–H and O–H groups in total. The number of hydrogen-bond donors (Lipinski definition) is 2. The number of carbonyl (C=O) groups excluding carboxylic acids is 1. The summed E-state index contributed by atoms with van der Waals surface area (Å²) in [5, 5.41) is 6.77. The van der Waals surface area contributed by atoms with Crippen LogP contribution >= 0.6 is 0 Å². The highest BCUT2D eigenvalue weighted by molar-refractivity contribution is 5.66. The number of H-pyrrole nitrogens is 1. The molecular formula is C19H20FN3O2. The number of nitrogens with zero attached hydrogens (tertiary/aromatic N) is 1. The summed E-state index contributed by atoms with van der Waals surface area (Å²) in [5.74, 6) is -0.298. The molecule has 0 saturated carbocycles. The highest BCUT2D eigenvalue weighted by Gasteiger charge is 2.10. The number of aryl methyl sites for hydroxylation is 2. The summed E-state index contributed by atoms with van der Waals surface area (Å²) in [6, 6.07) is 14.4. The fourth-order valence-electron chi connectivity index (χ4n) is 2.15. The lowest BCUT2D eigenvalue weighted by molar-refractivity contribution is -0.129. The topological polar surface area (TPSA) is 81.0 Å². The number of nitrogens with two attached hydrogens (primary N) is 1. The van der Waals surface area contributed by atoms with E-state index in [2.05, 4.69) is 14.9 Å². The van der Waals surface area contributed by atoms with Crippen molar-refractivity contribution in [1.29, 1.82) is 0 Å². The zero-order valence-electron chi connectivity index (χ0n) is 14.1. The van der Waals surface area contributed by atoms with Gasteiger partial charge < -0.3 is 10.5 Å². The van der Waals surface area contributed by atoms with Crippen LogP contribution in [0.5, 0.6) is 0 Å². The summed E-state index contributed by atoms with van der Waals surface area (Å²) >= 11 is 0. The van der Waals surface area contributed by atoms with E-state index in [-0.39, 0.29) is 5.82 Å². The zero-order valence-corrected chi connectivity index (χ0v) is 14.1. The van der Waals surface area contributed by atoms with Crippen molar-refractivity contribution in [2.24, 2.45) is 0 Å². The van der Waals surface area contributed by atoms with E-state index in [0.717, 1.165) is 16.8 Å². The van der Waals surface area contributed by atoms with Gasteiger partial charge in [-0.3, -0.25) is 9.89 Å². The average molecular weight is 341 g/mol. The fraction of sp³-hybridized carbons (Fsp3) is 0.158. The predicted octanol–water partition coefficient (Wildman–Crippen LogP) is 3.77. The molecule has 1 aromatic heterocycles. The van der Waals surface area contributed by atoms with Crippen LogP contribution in [0.25, 0.3) is 11.3 Å². The molecule has 0 aliphatic carbocycles. The van der Waals surface area contributed by atoms with E-state index < -0.39 is 0 Å². The van der Waals surface area contributed by atoms with E-state index in [4.69, 9.17) is 5.73 Å². The van der Waals surface area contributed by atoms with E-state index >= 15 is 0 Å². The van der Waals surface area contributed by atoms with Gasteiger partial charge in [0.2, 0.25) is 0 Å². The first-order valence-electron chi connectivity index (χ1n) is 7.68. The quantitative estimate of drug-likeness (QED) is 0.559. The van der Waals surface area contributed by atoms with Crippen LogP contribution in [-0.2, 0) is 16.1 Å². The second kappa shape index (κ2) is 8.63. The normalized spacial score (nSPS) is 9.88. The van der Waals surface area contributed by atoms with Crippen molar-refractivity contribution in [3.63, 3.8) is 0 Å². The van der Waals surface area contributed by atoms with Gasteiger partial charge in [0.15, 0.2) is 0 Å². The number of anilines is 1. The van der Waals surface area contributed by atoms with E-state index in [9.17, 15) is 9.18 Å². The molecule has 25 heavy (non-hydrogen) atoms. The largest absolute Gasteiger partial charge is 0.463 e. The molecule has 0 atom stereocenters. The first kappa shape index (κ1) is 18.2. The van der Waals surface area contributed by atoms with Crippen molar-refractivity contribution in [3.8, 4) is 11.3 Å². The van der Waals surface area contributed by atoms with Crippen molar-refractivity contribution in [2.75, 3.05) is 5.73 Å². The van der Waals surface area contributed by atoms with E-state index in [1.54, 1.807) is 19.1 Å². The molecule has 3 rings (SSSR count). The maximum atomic E-state index is 13.6. The van der Waals surface area contributed by atoms with Crippen LogP contribution in [0.3, 0.4) is 0 Å². The number of nitrogen functional groups attached to an aromatic ring is 1. The average Bonchev–Trinajstić information content (AvgIpc) is 3.04. The van der Waals surface area contributed by atoms with Gasteiger partial charge in [-0.1, -0.05) is 30.3 Å². The smallest absolute Gasteiger partial charge is 0.293 e. The molecule has 0 bridgehead atoms. The fourth-order valence-corrected chi connectivity index (χ4v) is 2.15. The number of carbonyl (C=O) groups is 1. The van der Waals surface area contributed by atoms with Crippen LogP contribution in [0, 0.1) is 19.7 Å². The summed E-state index contributed by atoms with van der Waals surface area (Å²) in [4.78, 5) is 9.76. The highest BCUT2D eigenvalue weighted by atomic mass is 19.1. The van der Waals surface area contributed by atoms with Crippen LogP contribution in [0.1, 0.15) is 16.8 Å².